The Morgan fingerprint density at radius 3 is 2.72 bits per heavy atom. The van der Waals surface area contributed by atoms with Gasteiger partial charge in [-0.25, -0.2) is 4.98 Å². The number of aromatic nitrogens is 1. The van der Waals surface area contributed by atoms with Crippen LogP contribution in [0.1, 0.15) is 41.7 Å². The molecule has 32 heavy (non-hydrogen) atoms. The third-order valence-corrected chi connectivity index (χ3v) is 6.47. The number of amides is 2. The van der Waals surface area contributed by atoms with E-state index in [9.17, 15) is 9.59 Å². The Morgan fingerprint density at radius 2 is 1.91 bits per heavy atom. The zero-order chi connectivity index (χ0) is 22.3. The van der Waals surface area contributed by atoms with Gasteiger partial charge in [0.1, 0.15) is 0 Å². The van der Waals surface area contributed by atoms with Gasteiger partial charge >= 0.3 is 0 Å². The van der Waals surface area contributed by atoms with Gasteiger partial charge in [-0.2, -0.15) is 0 Å². The van der Waals surface area contributed by atoms with E-state index in [0.717, 1.165) is 44.5 Å². The molecular formula is C25H32N4O3. The maximum Gasteiger partial charge on any atom is 0.254 e. The molecule has 170 valence electrons. The van der Waals surface area contributed by atoms with Crippen molar-refractivity contribution >= 4 is 11.8 Å². The van der Waals surface area contributed by atoms with Crippen LogP contribution < -0.4 is 10.1 Å². The van der Waals surface area contributed by atoms with Gasteiger partial charge in [-0.15, -0.1) is 0 Å². The number of carbonyl (C=O) groups is 2. The van der Waals surface area contributed by atoms with Crippen molar-refractivity contribution in [2.75, 3.05) is 33.3 Å². The molecule has 4 rings (SSSR count). The van der Waals surface area contributed by atoms with Crippen LogP contribution in [0.3, 0.4) is 0 Å². The number of hydrogen-bond acceptors (Lipinski definition) is 5. The molecule has 2 aromatic rings. The van der Waals surface area contributed by atoms with Crippen LogP contribution in [0.2, 0.25) is 0 Å². The second-order valence-electron chi connectivity index (χ2n) is 8.56. The van der Waals surface area contributed by atoms with Crippen LogP contribution >= 0.6 is 0 Å². The number of nitrogens with one attached hydrogen (secondary N) is 1. The van der Waals surface area contributed by atoms with E-state index in [-0.39, 0.29) is 23.8 Å². The molecule has 7 heteroatoms. The number of benzene rings is 1. The minimum atomic E-state index is -0.130. The minimum absolute atomic E-state index is 0.0237. The van der Waals surface area contributed by atoms with Gasteiger partial charge in [-0.3, -0.25) is 14.5 Å². The molecule has 1 N–H and O–H groups in total. The fourth-order valence-electron chi connectivity index (χ4n) is 4.88. The smallest absolute Gasteiger partial charge is 0.254 e. The summed E-state index contributed by atoms with van der Waals surface area (Å²) in [7, 11) is 1.62. The Morgan fingerprint density at radius 1 is 1.06 bits per heavy atom. The Bertz CT molecular complexity index is 920. The van der Waals surface area contributed by atoms with E-state index in [1.54, 1.807) is 7.11 Å². The van der Waals surface area contributed by atoms with Crippen molar-refractivity contribution in [3.8, 4) is 5.88 Å². The number of hydrogen-bond donors (Lipinski definition) is 1. The van der Waals surface area contributed by atoms with Crippen molar-refractivity contribution in [1.82, 2.24) is 20.1 Å². The van der Waals surface area contributed by atoms with Gasteiger partial charge < -0.3 is 15.0 Å². The molecule has 0 bridgehead atoms. The largest absolute Gasteiger partial charge is 0.481 e. The summed E-state index contributed by atoms with van der Waals surface area (Å²) in [5.74, 6) is 0.561. The molecule has 1 saturated carbocycles. The van der Waals surface area contributed by atoms with Crippen molar-refractivity contribution in [3.63, 3.8) is 0 Å². The molecule has 1 aliphatic carbocycles. The predicted octanol–water partition coefficient (Wildman–Crippen LogP) is 2.72. The average molecular weight is 437 g/mol. The first-order valence-electron chi connectivity index (χ1n) is 11.5. The summed E-state index contributed by atoms with van der Waals surface area (Å²) in [4.78, 5) is 35.2. The summed E-state index contributed by atoms with van der Waals surface area (Å²) in [6, 6.07) is 15.1. The van der Waals surface area contributed by atoms with E-state index in [1.165, 1.54) is 0 Å². The monoisotopic (exact) mass is 436 g/mol. The van der Waals surface area contributed by atoms with Gasteiger partial charge in [0.05, 0.1) is 18.7 Å². The summed E-state index contributed by atoms with van der Waals surface area (Å²) < 4.78 is 5.25. The standard InChI is InChI=1S/C25H32N4O3/c1-32-23-13-5-10-20(27-23)18-28-15-7-16-29(25(31)19-8-3-2-4-9-19)22-12-6-11-21(22)24(30)26-14-17-28/h2-5,8-10,13,21-22H,6-7,11-12,14-18H2,1H3,(H,26,30)/t21-,22+/m1/s1. The number of pyridine rings is 1. The highest BCUT2D eigenvalue weighted by Crippen LogP contribution is 2.31. The van der Waals surface area contributed by atoms with Crippen LogP contribution in [0.4, 0.5) is 0 Å². The van der Waals surface area contributed by atoms with Crippen molar-refractivity contribution < 1.29 is 14.3 Å². The number of methoxy groups -OCH3 is 1. The summed E-state index contributed by atoms with van der Waals surface area (Å²) in [5, 5.41) is 3.13. The Balaban J connectivity index is 1.51. The highest BCUT2D eigenvalue weighted by molar-refractivity contribution is 5.95. The van der Waals surface area contributed by atoms with Crippen LogP contribution in [-0.2, 0) is 11.3 Å². The number of rotatable bonds is 4. The van der Waals surface area contributed by atoms with Crippen LogP contribution in [0, 0.1) is 5.92 Å². The zero-order valence-electron chi connectivity index (χ0n) is 18.7. The number of ether oxygens (including phenoxy) is 1. The Kier molecular flexibility index (Phi) is 7.37. The fraction of sp³-hybridized carbons (Fsp3) is 0.480. The molecule has 2 aliphatic rings. The molecule has 0 radical (unpaired) electrons. The number of carbonyl (C=O) groups excluding carboxylic acids is 2. The van der Waals surface area contributed by atoms with Crippen molar-refractivity contribution in [2.45, 2.75) is 38.3 Å². The predicted molar refractivity (Wildman–Crippen MR) is 122 cm³/mol. The Hall–Kier alpha value is -2.93. The molecule has 2 fully saturated rings. The topological polar surface area (TPSA) is 74.8 Å². The normalized spacial score (nSPS) is 22.5. The molecular weight excluding hydrogens is 404 g/mol. The zero-order valence-corrected chi connectivity index (χ0v) is 18.7. The van der Waals surface area contributed by atoms with Crippen LogP contribution in [0.5, 0.6) is 5.88 Å². The van der Waals surface area contributed by atoms with Gasteiger partial charge in [0.15, 0.2) is 0 Å². The van der Waals surface area contributed by atoms with Gasteiger partial charge in [-0.1, -0.05) is 30.7 Å². The molecule has 2 heterocycles. The highest BCUT2D eigenvalue weighted by Gasteiger charge is 2.39. The van der Waals surface area contributed by atoms with E-state index in [1.807, 2.05) is 53.4 Å². The summed E-state index contributed by atoms with van der Waals surface area (Å²) in [5.41, 5.74) is 1.62. The Labute approximate surface area is 189 Å². The molecule has 0 unspecified atom stereocenters. The summed E-state index contributed by atoms with van der Waals surface area (Å²) in [6.45, 7) is 3.48. The number of nitrogens with zero attached hydrogens (tertiary/aromatic N) is 3. The quantitative estimate of drug-likeness (QED) is 0.798. The molecule has 1 aromatic carbocycles. The van der Waals surface area contributed by atoms with E-state index in [4.69, 9.17) is 4.74 Å². The van der Waals surface area contributed by atoms with Crippen LogP contribution in [0.25, 0.3) is 0 Å². The second-order valence-corrected chi connectivity index (χ2v) is 8.56. The maximum atomic E-state index is 13.4. The average Bonchev–Trinajstić information content (AvgIpc) is 3.30. The van der Waals surface area contributed by atoms with Crippen molar-refractivity contribution in [3.05, 3.63) is 59.8 Å². The lowest BCUT2D eigenvalue weighted by atomic mass is 9.99. The van der Waals surface area contributed by atoms with Crippen molar-refractivity contribution in [2.24, 2.45) is 5.92 Å². The SMILES string of the molecule is COc1cccc(CN2CCCN(C(=O)c3ccccc3)[C@H]3CCC[C@H]3C(=O)NCC2)n1. The first-order valence-corrected chi connectivity index (χ1v) is 11.5. The third-order valence-electron chi connectivity index (χ3n) is 6.47. The van der Waals surface area contributed by atoms with Gasteiger partial charge in [0, 0.05) is 50.4 Å². The molecule has 7 nitrogen and oxygen atoms in total. The molecule has 1 saturated heterocycles. The third kappa shape index (κ3) is 5.27. The first-order chi connectivity index (χ1) is 15.7. The fourth-order valence-corrected chi connectivity index (χ4v) is 4.88. The van der Waals surface area contributed by atoms with E-state index in [2.05, 4.69) is 15.2 Å². The lowest BCUT2D eigenvalue weighted by Gasteiger charge is -2.33. The minimum Gasteiger partial charge on any atom is -0.481 e. The maximum absolute atomic E-state index is 13.4. The summed E-state index contributed by atoms with van der Waals surface area (Å²) >= 11 is 0. The van der Waals surface area contributed by atoms with E-state index < -0.39 is 0 Å². The van der Waals surface area contributed by atoms with Gasteiger partial charge in [0.2, 0.25) is 11.8 Å². The highest BCUT2D eigenvalue weighted by atomic mass is 16.5. The molecule has 1 aliphatic heterocycles. The molecule has 0 spiro atoms. The first kappa shape index (κ1) is 22.3. The van der Waals surface area contributed by atoms with Gasteiger partial charge in [-0.05, 0) is 37.5 Å². The second kappa shape index (κ2) is 10.6. The van der Waals surface area contributed by atoms with Gasteiger partial charge in [0.25, 0.3) is 5.91 Å². The molecule has 2 amide bonds. The lowest BCUT2D eigenvalue weighted by Crippen LogP contribution is -2.47. The van der Waals surface area contributed by atoms with Crippen LogP contribution in [-0.4, -0.2) is 65.9 Å². The molecule has 2 atom stereocenters. The van der Waals surface area contributed by atoms with E-state index in [0.29, 0.717) is 31.1 Å². The van der Waals surface area contributed by atoms with Crippen molar-refractivity contribution in [1.29, 1.82) is 0 Å². The number of fused-ring (bicyclic) bond motifs is 1. The molecule has 1 aromatic heterocycles. The van der Waals surface area contributed by atoms with E-state index >= 15 is 0 Å². The van der Waals surface area contributed by atoms with Crippen LogP contribution in [0.15, 0.2) is 48.5 Å². The lowest BCUT2D eigenvalue weighted by molar-refractivity contribution is -0.126. The summed E-state index contributed by atoms with van der Waals surface area (Å²) in [6.07, 6.45) is 3.55.